The minimum atomic E-state index is 0.264. The first-order chi connectivity index (χ1) is 13.7. The van der Waals surface area contributed by atoms with Gasteiger partial charge in [0.05, 0.1) is 5.69 Å². The Labute approximate surface area is 169 Å². The second-order valence-corrected chi connectivity index (χ2v) is 8.44. The molecular weight excluding hydrogens is 372 g/mol. The lowest BCUT2D eigenvalue weighted by Crippen LogP contribution is -2.51. The maximum absolute atomic E-state index is 6.47. The van der Waals surface area contributed by atoms with Crippen molar-refractivity contribution in [3.63, 3.8) is 0 Å². The zero-order valence-electron chi connectivity index (χ0n) is 15.8. The van der Waals surface area contributed by atoms with E-state index in [9.17, 15) is 0 Å². The number of nitrogens with zero attached hydrogens (tertiary/aromatic N) is 4. The Morgan fingerprint density at radius 3 is 2.71 bits per heavy atom. The summed E-state index contributed by atoms with van der Waals surface area (Å²) in [4.78, 5) is 19.6. The first kappa shape index (κ1) is 17.9. The molecule has 2 aliphatic carbocycles. The highest BCUT2D eigenvalue weighted by atomic mass is 35.5. The number of fused-ring (bicyclic) bond motifs is 1. The lowest BCUT2D eigenvalue weighted by Gasteiger charge is -2.45. The quantitative estimate of drug-likeness (QED) is 0.642. The Morgan fingerprint density at radius 1 is 1.11 bits per heavy atom. The van der Waals surface area contributed by atoms with E-state index in [1.54, 1.807) is 6.20 Å². The predicted octanol–water partition coefficient (Wildman–Crippen LogP) is 4.30. The van der Waals surface area contributed by atoms with Gasteiger partial charge >= 0.3 is 0 Å². The molecule has 2 atom stereocenters. The highest BCUT2D eigenvalue weighted by Gasteiger charge is 2.35. The van der Waals surface area contributed by atoms with Crippen molar-refractivity contribution in [2.24, 2.45) is 5.73 Å². The van der Waals surface area contributed by atoms with Gasteiger partial charge in [-0.05, 0) is 57.1 Å². The minimum absolute atomic E-state index is 0.264. The molecule has 2 fully saturated rings. The molecule has 0 aliphatic heterocycles. The van der Waals surface area contributed by atoms with Gasteiger partial charge < -0.3 is 15.6 Å². The van der Waals surface area contributed by atoms with Gasteiger partial charge in [0.2, 0.25) is 5.95 Å². The van der Waals surface area contributed by atoms with Gasteiger partial charge in [-0.3, -0.25) is 0 Å². The van der Waals surface area contributed by atoms with Gasteiger partial charge in [0.15, 0.2) is 0 Å². The molecule has 28 heavy (non-hydrogen) atoms. The highest BCUT2D eigenvalue weighted by molar-refractivity contribution is 6.29. The molecule has 3 aromatic rings. The van der Waals surface area contributed by atoms with Crippen LogP contribution in [0.1, 0.15) is 44.9 Å². The zero-order valence-corrected chi connectivity index (χ0v) is 16.6. The summed E-state index contributed by atoms with van der Waals surface area (Å²) >= 11 is 6.47. The molecule has 0 radical (unpaired) electrons. The molecule has 5 rings (SSSR count). The highest BCUT2D eigenvalue weighted by Crippen LogP contribution is 2.36. The van der Waals surface area contributed by atoms with Crippen LogP contribution in [0.15, 0.2) is 30.6 Å². The number of aromatic nitrogens is 4. The summed E-state index contributed by atoms with van der Waals surface area (Å²) in [6.07, 6.45) is 11.8. The van der Waals surface area contributed by atoms with Crippen LogP contribution in [0, 0.1) is 0 Å². The first-order valence-electron chi connectivity index (χ1n) is 10.2. The van der Waals surface area contributed by atoms with Gasteiger partial charge in [0.1, 0.15) is 10.8 Å². The molecule has 0 saturated heterocycles. The van der Waals surface area contributed by atoms with Crippen LogP contribution in [0.5, 0.6) is 0 Å². The first-order valence-corrected chi connectivity index (χ1v) is 10.6. The summed E-state index contributed by atoms with van der Waals surface area (Å²) in [5.41, 5.74) is 8.98. The number of nitrogens with one attached hydrogen (secondary N) is 1. The SMILES string of the molecule is NC1CCCC(N(c2nc(Cl)cc(-c3c[nH]c4ncccc34)n2)C2CCC2)C1. The Hall–Kier alpha value is -2.18. The maximum Gasteiger partial charge on any atom is 0.227 e. The second kappa shape index (κ2) is 7.33. The largest absolute Gasteiger partial charge is 0.345 e. The monoisotopic (exact) mass is 396 g/mol. The summed E-state index contributed by atoms with van der Waals surface area (Å²) in [5.74, 6) is 0.740. The number of halogens is 1. The third kappa shape index (κ3) is 3.25. The molecule has 2 aliphatic rings. The van der Waals surface area contributed by atoms with Crippen LogP contribution in [0.3, 0.4) is 0 Å². The van der Waals surface area contributed by atoms with E-state index in [1.807, 2.05) is 24.4 Å². The van der Waals surface area contributed by atoms with E-state index in [2.05, 4.69) is 19.9 Å². The molecule has 3 aromatic heterocycles. The normalized spacial score (nSPS) is 22.9. The van der Waals surface area contributed by atoms with Gasteiger partial charge in [-0.1, -0.05) is 11.6 Å². The fourth-order valence-electron chi connectivity index (χ4n) is 4.57. The summed E-state index contributed by atoms with van der Waals surface area (Å²) in [6.45, 7) is 0. The molecule has 0 amide bonds. The van der Waals surface area contributed by atoms with Gasteiger partial charge in [0, 0.05) is 47.5 Å². The van der Waals surface area contributed by atoms with Crippen LogP contribution in [-0.4, -0.2) is 38.1 Å². The average molecular weight is 397 g/mol. The lowest BCUT2D eigenvalue weighted by molar-refractivity contribution is 0.298. The molecule has 2 unspecified atom stereocenters. The molecule has 3 heterocycles. The molecule has 6 nitrogen and oxygen atoms in total. The van der Waals surface area contributed by atoms with E-state index in [0.29, 0.717) is 17.2 Å². The van der Waals surface area contributed by atoms with Crippen LogP contribution in [0.4, 0.5) is 5.95 Å². The van der Waals surface area contributed by atoms with Crippen molar-refractivity contribution in [1.82, 2.24) is 19.9 Å². The molecule has 2 saturated carbocycles. The van der Waals surface area contributed by atoms with E-state index in [-0.39, 0.29) is 6.04 Å². The molecule has 7 heteroatoms. The Bertz CT molecular complexity index is 982. The van der Waals surface area contributed by atoms with Crippen molar-refractivity contribution < 1.29 is 0 Å². The van der Waals surface area contributed by atoms with Crippen LogP contribution in [0.25, 0.3) is 22.3 Å². The minimum Gasteiger partial charge on any atom is -0.345 e. The second-order valence-electron chi connectivity index (χ2n) is 8.05. The number of nitrogens with two attached hydrogens (primary N) is 1. The van der Waals surface area contributed by atoms with Crippen molar-refractivity contribution in [1.29, 1.82) is 0 Å². The number of aromatic amines is 1. The summed E-state index contributed by atoms with van der Waals surface area (Å²) in [6, 6.07) is 6.98. The smallest absolute Gasteiger partial charge is 0.227 e. The van der Waals surface area contributed by atoms with Crippen molar-refractivity contribution >= 4 is 28.6 Å². The van der Waals surface area contributed by atoms with Crippen LogP contribution < -0.4 is 10.6 Å². The van der Waals surface area contributed by atoms with E-state index in [0.717, 1.165) is 53.9 Å². The number of hydrogen-bond donors (Lipinski definition) is 2. The van der Waals surface area contributed by atoms with E-state index in [4.69, 9.17) is 22.3 Å². The van der Waals surface area contributed by atoms with E-state index in [1.165, 1.54) is 19.3 Å². The zero-order chi connectivity index (χ0) is 19.1. The summed E-state index contributed by atoms with van der Waals surface area (Å²) in [7, 11) is 0. The van der Waals surface area contributed by atoms with Crippen LogP contribution in [-0.2, 0) is 0 Å². The van der Waals surface area contributed by atoms with Crippen molar-refractivity contribution in [3.05, 3.63) is 35.7 Å². The summed E-state index contributed by atoms with van der Waals surface area (Å²) in [5, 5.41) is 1.51. The topological polar surface area (TPSA) is 83.7 Å². The Morgan fingerprint density at radius 2 is 1.93 bits per heavy atom. The predicted molar refractivity (Wildman–Crippen MR) is 112 cm³/mol. The third-order valence-corrected chi connectivity index (χ3v) is 6.38. The lowest BCUT2D eigenvalue weighted by atomic mass is 9.85. The third-order valence-electron chi connectivity index (χ3n) is 6.19. The average Bonchev–Trinajstić information content (AvgIpc) is 3.08. The number of H-pyrrole nitrogens is 1. The van der Waals surface area contributed by atoms with Crippen LogP contribution in [0.2, 0.25) is 5.15 Å². The van der Waals surface area contributed by atoms with Crippen molar-refractivity contribution in [3.8, 4) is 11.3 Å². The fourth-order valence-corrected chi connectivity index (χ4v) is 4.75. The molecule has 0 bridgehead atoms. The van der Waals surface area contributed by atoms with Crippen molar-refractivity contribution in [2.75, 3.05) is 4.90 Å². The molecule has 3 N–H and O–H groups in total. The summed E-state index contributed by atoms with van der Waals surface area (Å²) < 4.78 is 0. The van der Waals surface area contributed by atoms with Gasteiger partial charge in [-0.25, -0.2) is 15.0 Å². The van der Waals surface area contributed by atoms with Gasteiger partial charge in [0.25, 0.3) is 0 Å². The maximum atomic E-state index is 6.47. The number of rotatable bonds is 4. The number of pyridine rings is 1. The van der Waals surface area contributed by atoms with Crippen LogP contribution >= 0.6 is 11.6 Å². The van der Waals surface area contributed by atoms with Gasteiger partial charge in [-0.15, -0.1) is 0 Å². The van der Waals surface area contributed by atoms with Gasteiger partial charge in [-0.2, -0.15) is 0 Å². The number of hydrogen-bond acceptors (Lipinski definition) is 5. The standard InChI is InChI=1S/C21H25ClN6/c22-19-11-18(17-12-25-20-16(17)8-3-9-24-20)26-21(27-19)28(14-5-2-6-14)15-7-1-4-13(23)10-15/h3,8-9,11-15H,1-2,4-7,10,23H2,(H,24,25). The fraction of sp³-hybridized carbons (Fsp3) is 0.476. The Kier molecular flexibility index (Phi) is 4.69. The Balaban J connectivity index is 1.56. The molecule has 0 aromatic carbocycles. The number of anilines is 1. The van der Waals surface area contributed by atoms with E-state index < -0.39 is 0 Å². The molecule has 0 spiro atoms. The molecule has 146 valence electrons. The van der Waals surface area contributed by atoms with E-state index >= 15 is 0 Å². The molecular formula is C21H25ClN6. The van der Waals surface area contributed by atoms with Crippen molar-refractivity contribution in [2.45, 2.75) is 63.1 Å².